The molecule has 0 amide bonds. The fourth-order valence-electron chi connectivity index (χ4n) is 4.68. The van der Waals surface area contributed by atoms with E-state index in [0.29, 0.717) is 13.0 Å². The van der Waals surface area contributed by atoms with Crippen molar-refractivity contribution in [3.63, 3.8) is 0 Å². The molecule has 0 aliphatic heterocycles. The second-order valence-corrected chi connectivity index (χ2v) is 13.6. The lowest BCUT2D eigenvalue weighted by atomic mass is 9.70. The summed E-state index contributed by atoms with van der Waals surface area (Å²) in [5, 5.41) is 12.1. The third-order valence-electron chi connectivity index (χ3n) is 6.74. The van der Waals surface area contributed by atoms with Gasteiger partial charge in [0, 0.05) is 27.4 Å². The second kappa shape index (κ2) is 11.8. The SMILES string of the molecule is CCOc1ccc(C(O)(CC(C)(C)CCC(C)(C)C[Si](OC)(OC)OC)c2ccccc2)cc1. The lowest BCUT2D eigenvalue weighted by Gasteiger charge is -2.40. The Bertz CT molecular complexity index is 854. The highest BCUT2D eigenvalue weighted by atomic mass is 28.4. The highest BCUT2D eigenvalue weighted by Gasteiger charge is 2.44. The van der Waals surface area contributed by atoms with Gasteiger partial charge in [-0.1, -0.05) is 70.2 Å². The van der Waals surface area contributed by atoms with Crippen LogP contribution in [0.5, 0.6) is 5.75 Å². The molecule has 0 heterocycles. The largest absolute Gasteiger partial charge is 0.500 e. The molecule has 0 aliphatic carbocycles. The van der Waals surface area contributed by atoms with Crippen LogP contribution in [0.1, 0.15) is 65.0 Å². The molecule has 0 fully saturated rings. The molecule has 0 bridgehead atoms. The Balaban J connectivity index is 2.26. The predicted octanol–water partition coefficient (Wildman–Crippen LogP) is 6.42. The standard InChI is InChI=1S/C28H44O5Si/c1-9-33-25-17-15-24(16-18-25)28(29,23-13-11-10-12-14-23)21-26(2,3)19-20-27(4,5)22-34(30-6,31-7)32-8/h10-18,29H,9,19-22H2,1-8H3. The summed E-state index contributed by atoms with van der Waals surface area (Å²) in [6.45, 7) is 11.5. The molecule has 2 aromatic carbocycles. The Morgan fingerprint density at radius 2 is 1.24 bits per heavy atom. The Kier molecular flexibility index (Phi) is 9.92. The molecule has 0 radical (unpaired) electrons. The minimum absolute atomic E-state index is 0.0322. The van der Waals surface area contributed by atoms with Crippen molar-refractivity contribution in [1.82, 2.24) is 0 Å². The van der Waals surface area contributed by atoms with Crippen molar-refractivity contribution in [2.75, 3.05) is 27.9 Å². The average Bonchev–Trinajstić information content (AvgIpc) is 2.82. The third kappa shape index (κ3) is 7.40. The fraction of sp³-hybridized carbons (Fsp3) is 0.571. The van der Waals surface area contributed by atoms with Gasteiger partial charge >= 0.3 is 8.80 Å². The zero-order valence-corrected chi connectivity index (χ0v) is 23.3. The highest BCUT2D eigenvalue weighted by molar-refractivity contribution is 6.60. The Morgan fingerprint density at radius 1 is 0.735 bits per heavy atom. The quantitative estimate of drug-likeness (QED) is 0.311. The number of rotatable bonds is 14. The molecule has 0 saturated heterocycles. The molecule has 0 saturated carbocycles. The van der Waals surface area contributed by atoms with E-state index in [-0.39, 0.29) is 10.8 Å². The van der Waals surface area contributed by atoms with Crippen molar-refractivity contribution in [2.45, 2.75) is 65.5 Å². The molecule has 2 rings (SSSR count). The zero-order chi connectivity index (χ0) is 25.5. The minimum Gasteiger partial charge on any atom is -0.494 e. The van der Waals surface area contributed by atoms with Crippen LogP contribution in [-0.4, -0.2) is 41.8 Å². The molecule has 6 heteroatoms. The number of aliphatic hydroxyl groups is 1. The molecule has 0 aliphatic rings. The van der Waals surface area contributed by atoms with Crippen molar-refractivity contribution in [3.8, 4) is 5.75 Å². The summed E-state index contributed by atoms with van der Waals surface area (Å²) < 4.78 is 22.6. The van der Waals surface area contributed by atoms with Crippen molar-refractivity contribution in [1.29, 1.82) is 0 Å². The van der Waals surface area contributed by atoms with E-state index >= 15 is 0 Å². The summed E-state index contributed by atoms with van der Waals surface area (Å²) in [6, 6.07) is 18.5. The highest BCUT2D eigenvalue weighted by Crippen LogP contribution is 2.45. The topological polar surface area (TPSA) is 57.2 Å². The lowest BCUT2D eigenvalue weighted by Crippen LogP contribution is -2.46. The third-order valence-corrected chi connectivity index (χ3v) is 9.99. The van der Waals surface area contributed by atoms with Crippen LogP contribution in [0.2, 0.25) is 6.04 Å². The van der Waals surface area contributed by atoms with Crippen LogP contribution in [0.3, 0.4) is 0 Å². The van der Waals surface area contributed by atoms with E-state index in [0.717, 1.165) is 35.8 Å². The van der Waals surface area contributed by atoms with Crippen molar-refractivity contribution >= 4 is 8.80 Å². The molecular formula is C28H44O5Si. The normalized spacial score (nSPS) is 14.6. The fourth-order valence-corrected chi connectivity index (χ4v) is 6.96. The first-order valence-electron chi connectivity index (χ1n) is 12.1. The van der Waals surface area contributed by atoms with Gasteiger partial charge in [-0.05, 0) is 60.3 Å². The first-order valence-corrected chi connectivity index (χ1v) is 14.0. The van der Waals surface area contributed by atoms with Crippen LogP contribution < -0.4 is 4.74 Å². The van der Waals surface area contributed by atoms with E-state index in [2.05, 4.69) is 27.7 Å². The maximum atomic E-state index is 12.1. The van der Waals surface area contributed by atoms with Gasteiger partial charge < -0.3 is 23.1 Å². The number of hydrogen-bond acceptors (Lipinski definition) is 5. The smallest absolute Gasteiger partial charge is 0.494 e. The molecule has 190 valence electrons. The van der Waals surface area contributed by atoms with Gasteiger partial charge in [0.1, 0.15) is 11.4 Å². The molecular weight excluding hydrogens is 444 g/mol. The van der Waals surface area contributed by atoms with Crippen LogP contribution in [0.4, 0.5) is 0 Å². The number of benzene rings is 2. The van der Waals surface area contributed by atoms with Gasteiger partial charge in [0.25, 0.3) is 0 Å². The van der Waals surface area contributed by atoms with Gasteiger partial charge in [-0.2, -0.15) is 0 Å². The molecule has 34 heavy (non-hydrogen) atoms. The molecule has 2 aromatic rings. The van der Waals surface area contributed by atoms with E-state index in [1.54, 1.807) is 21.3 Å². The first kappa shape index (κ1) is 28.5. The molecule has 0 spiro atoms. The monoisotopic (exact) mass is 488 g/mol. The Labute approximate surface area is 207 Å². The number of hydrogen-bond donors (Lipinski definition) is 1. The maximum Gasteiger partial charge on any atom is 0.500 e. The van der Waals surface area contributed by atoms with Gasteiger partial charge in [-0.3, -0.25) is 0 Å². The van der Waals surface area contributed by atoms with E-state index in [9.17, 15) is 5.11 Å². The summed E-state index contributed by atoms with van der Waals surface area (Å²) in [7, 11) is 2.31. The molecule has 1 unspecified atom stereocenters. The van der Waals surface area contributed by atoms with Gasteiger partial charge in [-0.15, -0.1) is 0 Å². The summed E-state index contributed by atoms with van der Waals surface area (Å²) in [5.74, 6) is 0.810. The zero-order valence-electron chi connectivity index (χ0n) is 22.3. The maximum absolute atomic E-state index is 12.1. The van der Waals surface area contributed by atoms with Crippen LogP contribution in [0.25, 0.3) is 0 Å². The van der Waals surface area contributed by atoms with Crippen LogP contribution in [0, 0.1) is 10.8 Å². The van der Waals surface area contributed by atoms with Crippen LogP contribution >= 0.6 is 0 Å². The van der Waals surface area contributed by atoms with Crippen LogP contribution in [-0.2, 0) is 18.9 Å². The van der Waals surface area contributed by atoms with Crippen molar-refractivity contribution in [2.24, 2.45) is 10.8 Å². The van der Waals surface area contributed by atoms with Crippen molar-refractivity contribution < 1.29 is 23.1 Å². The van der Waals surface area contributed by atoms with Gasteiger partial charge in [-0.25, -0.2) is 0 Å². The molecule has 5 nitrogen and oxygen atoms in total. The molecule has 1 atom stereocenters. The Morgan fingerprint density at radius 3 is 1.74 bits per heavy atom. The first-order chi connectivity index (χ1) is 15.9. The van der Waals surface area contributed by atoms with E-state index in [1.165, 1.54) is 0 Å². The van der Waals surface area contributed by atoms with Gasteiger partial charge in [0.15, 0.2) is 0 Å². The van der Waals surface area contributed by atoms with Gasteiger partial charge in [0.05, 0.1) is 6.61 Å². The summed E-state index contributed by atoms with van der Waals surface area (Å²) >= 11 is 0. The number of ether oxygens (including phenoxy) is 1. The second-order valence-electron chi connectivity index (χ2n) is 10.7. The lowest BCUT2D eigenvalue weighted by molar-refractivity contribution is 0.0240. The summed E-state index contributed by atoms with van der Waals surface area (Å²) in [6.07, 6.45) is 2.49. The van der Waals surface area contributed by atoms with Crippen molar-refractivity contribution in [3.05, 3.63) is 65.7 Å². The van der Waals surface area contributed by atoms with Crippen LogP contribution in [0.15, 0.2) is 54.6 Å². The predicted molar refractivity (Wildman–Crippen MR) is 140 cm³/mol. The summed E-state index contributed by atoms with van der Waals surface area (Å²) in [4.78, 5) is 0. The molecule has 1 N–H and O–H groups in total. The minimum atomic E-state index is -2.67. The Hall–Kier alpha value is -1.70. The van der Waals surface area contributed by atoms with E-state index < -0.39 is 14.4 Å². The van der Waals surface area contributed by atoms with E-state index in [1.807, 2.05) is 61.5 Å². The summed E-state index contributed by atoms with van der Waals surface area (Å²) in [5.41, 5.74) is 0.507. The molecule has 0 aromatic heterocycles. The van der Waals surface area contributed by atoms with E-state index in [4.69, 9.17) is 18.0 Å². The average molecular weight is 489 g/mol. The van der Waals surface area contributed by atoms with Gasteiger partial charge in [0.2, 0.25) is 0 Å².